The van der Waals surface area contributed by atoms with Crippen LogP contribution < -0.4 is 10.5 Å². The third-order valence-electron chi connectivity index (χ3n) is 7.67. The van der Waals surface area contributed by atoms with Crippen LogP contribution in [0.25, 0.3) is 11.1 Å². The van der Waals surface area contributed by atoms with Crippen molar-refractivity contribution in [2.24, 2.45) is 5.73 Å². The van der Waals surface area contributed by atoms with Gasteiger partial charge in [-0.2, -0.15) is 0 Å². The summed E-state index contributed by atoms with van der Waals surface area (Å²) >= 11 is 0. The lowest BCUT2D eigenvalue weighted by Crippen LogP contribution is -2.47. The van der Waals surface area contributed by atoms with Crippen LogP contribution in [-0.4, -0.2) is 40.5 Å². The van der Waals surface area contributed by atoms with E-state index in [4.69, 9.17) is 14.9 Å². The number of benzene rings is 3. The maximum Gasteiger partial charge on any atom is 0.232 e. The van der Waals surface area contributed by atoms with Crippen molar-refractivity contribution in [2.75, 3.05) is 13.1 Å². The van der Waals surface area contributed by atoms with Crippen molar-refractivity contribution in [3.05, 3.63) is 96.4 Å². The summed E-state index contributed by atoms with van der Waals surface area (Å²) in [5.74, 6) is 0.478. The van der Waals surface area contributed by atoms with Gasteiger partial charge in [-0.3, -0.25) is 9.69 Å². The Morgan fingerprint density at radius 2 is 1.69 bits per heavy atom. The minimum absolute atomic E-state index is 0.0915. The van der Waals surface area contributed by atoms with E-state index in [0.717, 1.165) is 53.9 Å². The van der Waals surface area contributed by atoms with Gasteiger partial charge < -0.3 is 14.9 Å². The molecule has 1 saturated heterocycles. The molecule has 0 radical (unpaired) electrons. The molecule has 0 saturated carbocycles. The number of hydrogen-bond acceptors (Lipinski definition) is 5. The minimum atomic E-state index is -0.887. The average molecular weight is 484 g/mol. The summed E-state index contributed by atoms with van der Waals surface area (Å²) < 4.78 is 11.7. The number of likely N-dealkylation sites (tertiary alicyclic amines) is 1. The summed E-state index contributed by atoms with van der Waals surface area (Å²) in [4.78, 5) is 19.8. The zero-order valence-corrected chi connectivity index (χ0v) is 20.9. The largest absolute Gasteiger partial charge is 0.489 e. The Labute approximate surface area is 212 Å². The van der Waals surface area contributed by atoms with Crippen LogP contribution in [0.5, 0.6) is 5.75 Å². The SMILES string of the molecule is CC(C)(CCC(C(N)=O)(c1ccccc1)c1ccccc1)N1CC[C@@H](Oc2ccc3ncoc3c2)C1. The molecule has 1 atom stereocenters. The highest BCUT2D eigenvalue weighted by atomic mass is 16.5. The smallest absolute Gasteiger partial charge is 0.232 e. The summed E-state index contributed by atoms with van der Waals surface area (Å²) in [5.41, 5.74) is 8.57. The molecular formula is C30H33N3O3. The molecule has 6 heteroatoms. The molecule has 1 fully saturated rings. The average Bonchev–Trinajstić information content (AvgIpc) is 3.55. The summed E-state index contributed by atoms with van der Waals surface area (Å²) in [5, 5.41) is 0. The fourth-order valence-corrected chi connectivity index (χ4v) is 5.44. The highest BCUT2D eigenvalue weighted by Crippen LogP contribution is 2.40. The van der Waals surface area contributed by atoms with Gasteiger partial charge in [0, 0.05) is 24.7 Å². The van der Waals surface area contributed by atoms with Crippen molar-refractivity contribution >= 4 is 17.0 Å². The van der Waals surface area contributed by atoms with E-state index in [1.807, 2.05) is 78.9 Å². The van der Waals surface area contributed by atoms with Gasteiger partial charge in [0.2, 0.25) is 5.91 Å². The molecule has 2 heterocycles. The first-order valence-electron chi connectivity index (χ1n) is 12.5. The quantitative estimate of drug-likeness (QED) is 0.349. The monoisotopic (exact) mass is 483 g/mol. The van der Waals surface area contributed by atoms with Gasteiger partial charge in [0.1, 0.15) is 17.4 Å². The first kappa shape index (κ1) is 24.1. The van der Waals surface area contributed by atoms with Gasteiger partial charge in [0.15, 0.2) is 12.0 Å². The van der Waals surface area contributed by atoms with Crippen molar-refractivity contribution in [2.45, 2.75) is 50.2 Å². The molecule has 186 valence electrons. The van der Waals surface area contributed by atoms with E-state index in [0.29, 0.717) is 6.42 Å². The summed E-state index contributed by atoms with van der Waals surface area (Å²) in [7, 11) is 0. The standard InChI is InChI=1S/C30H33N3O3/c1-29(2,33-18-15-25(20-33)36-24-13-14-26-27(19-24)35-21-32-26)16-17-30(28(31)34,22-9-5-3-6-10-22)23-11-7-4-8-12-23/h3-14,19,21,25H,15-18,20H2,1-2H3,(H2,31,34)/t25-/m1/s1. The maximum atomic E-state index is 13.2. The number of amides is 1. The van der Waals surface area contributed by atoms with Crippen LogP contribution in [0, 0.1) is 0 Å². The number of nitrogens with zero attached hydrogens (tertiary/aromatic N) is 2. The lowest BCUT2D eigenvalue weighted by atomic mass is 9.69. The number of carbonyl (C=O) groups is 1. The fraction of sp³-hybridized carbons (Fsp3) is 0.333. The Morgan fingerprint density at radius 3 is 2.33 bits per heavy atom. The molecule has 36 heavy (non-hydrogen) atoms. The molecule has 1 aliphatic heterocycles. The molecule has 6 nitrogen and oxygen atoms in total. The lowest BCUT2D eigenvalue weighted by molar-refractivity contribution is -0.122. The third-order valence-corrected chi connectivity index (χ3v) is 7.67. The van der Waals surface area contributed by atoms with Gasteiger partial charge in [-0.05, 0) is 56.4 Å². The normalized spacial score (nSPS) is 16.9. The molecular weight excluding hydrogens is 450 g/mol. The molecule has 3 aromatic carbocycles. The van der Waals surface area contributed by atoms with Crippen LogP contribution in [0.1, 0.15) is 44.2 Å². The summed E-state index contributed by atoms with van der Waals surface area (Å²) in [6, 6.07) is 25.6. The Bertz CT molecular complexity index is 1280. The highest BCUT2D eigenvalue weighted by Gasteiger charge is 2.43. The fourth-order valence-electron chi connectivity index (χ4n) is 5.44. The van der Waals surface area contributed by atoms with Crippen molar-refractivity contribution in [3.63, 3.8) is 0 Å². The van der Waals surface area contributed by atoms with Crippen LogP contribution in [0.2, 0.25) is 0 Å². The second kappa shape index (κ2) is 9.78. The molecule has 1 amide bonds. The number of rotatable bonds is 9. The molecule has 0 aliphatic carbocycles. The van der Waals surface area contributed by atoms with E-state index in [2.05, 4.69) is 23.7 Å². The zero-order valence-electron chi connectivity index (χ0n) is 20.9. The molecule has 5 rings (SSSR count). The molecule has 1 aromatic heterocycles. The van der Waals surface area contributed by atoms with E-state index in [1.54, 1.807) is 0 Å². The molecule has 1 aliphatic rings. The predicted molar refractivity (Wildman–Crippen MR) is 141 cm³/mol. The second-order valence-electron chi connectivity index (χ2n) is 10.3. The third kappa shape index (κ3) is 4.61. The Hall–Kier alpha value is -3.64. The van der Waals surface area contributed by atoms with Crippen LogP contribution in [0.3, 0.4) is 0 Å². The molecule has 2 N–H and O–H groups in total. The van der Waals surface area contributed by atoms with Gasteiger partial charge in [-0.25, -0.2) is 4.98 Å². The van der Waals surface area contributed by atoms with Crippen LogP contribution >= 0.6 is 0 Å². The van der Waals surface area contributed by atoms with Gasteiger partial charge >= 0.3 is 0 Å². The van der Waals surface area contributed by atoms with Crippen LogP contribution in [0.15, 0.2) is 89.7 Å². The van der Waals surface area contributed by atoms with Crippen molar-refractivity contribution in [1.29, 1.82) is 0 Å². The first-order chi connectivity index (χ1) is 17.4. The van der Waals surface area contributed by atoms with Crippen LogP contribution in [0.4, 0.5) is 0 Å². The Balaban J connectivity index is 1.32. The first-order valence-corrected chi connectivity index (χ1v) is 12.5. The van der Waals surface area contributed by atoms with Gasteiger partial charge in [0.25, 0.3) is 0 Å². The predicted octanol–water partition coefficient (Wildman–Crippen LogP) is 5.31. The maximum absolute atomic E-state index is 13.2. The summed E-state index contributed by atoms with van der Waals surface area (Å²) in [6.45, 7) is 6.25. The highest BCUT2D eigenvalue weighted by molar-refractivity contribution is 5.90. The van der Waals surface area contributed by atoms with E-state index < -0.39 is 5.41 Å². The van der Waals surface area contributed by atoms with E-state index in [-0.39, 0.29) is 17.6 Å². The molecule has 0 bridgehead atoms. The molecule has 0 unspecified atom stereocenters. The second-order valence-corrected chi connectivity index (χ2v) is 10.3. The minimum Gasteiger partial charge on any atom is -0.489 e. The number of primary amides is 1. The topological polar surface area (TPSA) is 81.6 Å². The number of oxazole rings is 1. The van der Waals surface area contributed by atoms with Gasteiger partial charge in [0.05, 0.1) is 5.41 Å². The number of aromatic nitrogens is 1. The van der Waals surface area contributed by atoms with Crippen molar-refractivity contribution in [3.8, 4) is 5.75 Å². The Morgan fingerprint density at radius 1 is 1.03 bits per heavy atom. The van der Waals surface area contributed by atoms with E-state index in [1.165, 1.54) is 6.39 Å². The number of hydrogen-bond donors (Lipinski definition) is 1. The van der Waals surface area contributed by atoms with Crippen molar-refractivity contribution in [1.82, 2.24) is 9.88 Å². The van der Waals surface area contributed by atoms with E-state index in [9.17, 15) is 4.79 Å². The number of fused-ring (bicyclic) bond motifs is 1. The van der Waals surface area contributed by atoms with Gasteiger partial charge in [-0.1, -0.05) is 60.7 Å². The van der Waals surface area contributed by atoms with E-state index >= 15 is 0 Å². The van der Waals surface area contributed by atoms with Crippen LogP contribution in [-0.2, 0) is 10.2 Å². The zero-order chi connectivity index (χ0) is 25.2. The Kier molecular flexibility index (Phi) is 6.54. The lowest BCUT2D eigenvalue weighted by Gasteiger charge is -2.40. The molecule has 0 spiro atoms. The molecule has 4 aromatic rings. The number of ether oxygens (including phenoxy) is 1. The van der Waals surface area contributed by atoms with Crippen molar-refractivity contribution < 1.29 is 13.9 Å². The summed E-state index contributed by atoms with van der Waals surface area (Å²) in [6.07, 6.45) is 3.90. The number of carbonyl (C=O) groups excluding carboxylic acids is 1. The van der Waals surface area contributed by atoms with Gasteiger partial charge in [-0.15, -0.1) is 0 Å². The number of nitrogens with two attached hydrogens (primary N) is 1.